The van der Waals surface area contributed by atoms with E-state index in [1.54, 1.807) is 0 Å². The second-order valence-electron chi connectivity index (χ2n) is 3.84. The third-order valence-corrected chi connectivity index (χ3v) is 2.45. The molecule has 0 heterocycles. The Morgan fingerprint density at radius 2 is 1.50 bits per heavy atom. The maximum Gasteiger partial charge on any atom is 0.223 e. The molecule has 0 aromatic heterocycles. The Hall–Kier alpha value is -2.44. The molecule has 0 unspecified atom stereocenters. The van der Waals surface area contributed by atoms with Crippen molar-refractivity contribution in [3.05, 3.63) is 59.2 Å². The lowest BCUT2D eigenvalue weighted by atomic mass is 10.2. The summed E-state index contributed by atoms with van der Waals surface area (Å²) in [5.74, 6) is -9.14. The molecule has 0 aliphatic heterocycles. The SMILES string of the molecule is Nc1ccc(N=C(F)c2cc(F)c(F)c(F)c2F)cc1. The van der Waals surface area contributed by atoms with Crippen LogP contribution in [0.1, 0.15) is 5.56 Å². The van der Waals surface area contributed by atoms with E-state index in [0.29, 0.717) is 5.69 Å². The van der Waals surface area contributed by atoms with Crippen LogP contribution in [0.4, 0.5) is 33.3 Å². The number of halogens is 5. The molecular weight excluding hydrogens is 279 g/mol. The van der Waals surface area contributed by atoms with Crippen molar-refractivity contribution in [1.82, 2.24) is 0 Å². The van der Waals surface area contributed by atoms with Gasteiger partial charge < -0.3 is 5.73 Å². The lowest BCUT2D eigenvalue weighted by Crippen LogP contribution is -2.05. The minimum Gasteiger partial charge on any atom is -0.399 e. The van der Waals surface area contributed by atoms with Crippen molar-refractivity contribution < 1.29 is 22.0 Å². The third-order valence-electron chi connectivity index (χ3n) is 2.45. The topological polar surface area (TPSA) is 38.4 Å². The number of nitrogens with two attached hydrogens (primary N) is 1. The largest absolute Gasteiger partial charge is 0.399 e. The molecule has 0 aliphatic carbocycles. The highest BCUT2D eigenvalue weighted by Crippen LogP contribution is 2.22. The van der Waals surface area contributed by atoms with E-state index in [1.807, 2.05) is 0 Å². The Bertz CT molecular complexity index is 680. The van der Waals surface area contributed by atoms with Gasteiger partial charge in [-0.1, -0.05) is 0 Å². The van der Waals surface area contributed by atoms with E-state index in [1.165, 1.54) is 24.3 Å². The highest BCUT2D eigenvalue weighted by Gasteiger charge is 2.21. The van der Waals surface area contributed by atoms with Gasteiger partial charge in [-0.25, -0.2) is 22.6 Å². The first kappa shape index (κ1) is 14.0. The van der Waals surface area contributed by atoms with Gasteiger partial charge in [0.1, 0.15) is 0 Å². The quantitative estimate of drug-likeness (QED) is 0.294. The van der Waals surface area contributed by atoms with Crippen molar-refractivity contribution in [3.8, 4) is 0 Å². The Morgan fingerprint density at radius 1 is 0.900 bits per heavy atom. The second kappa shape index (κ2) is 5.28. The van der Waals surface area contributed by atoms with Gasteiger partial charge in [0.05, 0.1) is 11.3 Å². The molecule has 0 saturated carbocycles. The maximum atomic E-state index is 13.7. The Labute approximate surface area is 110 Å². The number of nitrogens with zero attached hydrogens (tertiary/aromatic N) is 1. The van der Waals surface area contributed by atoms with Crippen LogP contribution in [0.2, 0.25) is 0 Å². The van der Waals surface area contributed by atoms with E-state index in [4.69, 9.17) is 5.73 Å². The van der Waals surface area contributed by atoms with Crippen LogP contribution in [0.3, 0.4) is 0 Å². The zero-order valence-electron chi connectivity index (χ0n) is 9.80. The molecule has 2 aromatic rings. The Morgan fingerprint density at radius 3 is 2.10 bits per heavy atom. The first-order valence-corrected chi connectivity index (χ1v) is 5.33. The summed E-state index contributed by atoms with van der Waals surface area (Å²) in [6.07, 6.45) is 0. The average molecular weight is 286 g/mol. The van der Waals surface area contributed by atoms with Gasteiger partial charge in [0.2, 0.25) is 5.97 Å². The number of nitrogen functional groups attached to an aromatic ring is 1. The molecule has 0 spiro atoms. The van der Waals surface area contributed by atoms with Crippen LogP contribution in [0.25, 0.3) is 0 Å². The fourth-order valence-corrected chi connectivity index (χ4v) is 1.45. The molecule has 0 atom stereocenters. The molecule has 0 aliphatic rings. The standard InChI is InChI=1S/C13H7F5N2/c14-9-5-8(10(15)12(17)11(9)16)13(18)20-7-3-1-6(19)2-4-7/h1-5H,19H2. The van der Waals surface area contributed by atoms with Crippen LogP contribution >= 0.6 is 0 Å². The highest BCUT2D eigenvalue weighted by molar-refractivity contribution is 5.95. The van der Waals surface area contributed by atoms with E-state index >= 15 is 0 Å². The summed E-state index contributed by atoms with van der Waals surface area (Å²) in [7, 11) is 0. The van der Waals surface area contributed by atoms with Crippen molar-refractivity contribution in [2.24, 2.45) is 4.99 Å². The number of hydrogen-bond donors (Lipinski definition) is 1. The van der Waals surface area contributed by atoms with E-state index in [9.17, 15) is 22.0 Å². The van der Waals surface area contributed by atoms with Gasteiger partial charge in [-0.3, -0.25) is 0 Å². The van der Waals surface area contributed by atoms with E-state index in [2.05, 4.69) is 4.99 Å². The second-order valence-corrected chi connectivity index (χ2v) is 3.84. The molecule has 2 aromatic carbocycles. The molecule has 0 radical (unpaired) electrons. The number of benzene rings is 2. The minimum absolute atomic E-state index is 0.0567. The highest BCUT2D eigenvalue weighted by atomic mass is 19.2. The van der Waals surface area contributed by atoms with Gasteiger partial charge in [-0.05, 0) is 30.3 Å². The predicted molar refractivity (Wildman–Crippen MR) is 64.4 cm³/mol. The number of aliphatic imine (C=N–C) groups is 1. The van der Waals surface area contributed by atoms with Gasteiger partial charge in [-0.15, -0.1) is 0 Å². The van der Waals surface area contributed by atoms with Gasteiger partial charge in [0.15, 0.2) is 23.3 Å². The smallest absolute Gasteiger partial charge is 0.223 e. The predicted octanol–water partition coefficient (Wildman–Crippen LogP) is 3.87. The lowest BCUT2D eigenvalue weighted by molar-refractivity contribution is 0.407. The summed E-state index contributed by atoms with van der Waals surface area (Å²) in [4.78, 5) is 3.34. The number of hydrogen-bond acceptors (Lipinski definition) is 2. The fourth-order valence-electron chi connectivity index (χ4n) is 1.45. The molecule has 0 bridgehead atoms. The molecule has 104 valence electrons. The van der Waals surface area contributed by atoms with E-state index in [0.717, 1.165) is 0 Å². The molecule has 0 fully saturated rings. The molecule has 0 amide bonds. The van der Waals surface area contributed by atoms with Crippen LogP contribution in [0.5, 0.6) is 0 Å². The first-order valence-electron chi connectivity index (χ1n) is 5.33. The first-order chi connectivity index (χ1) is 9.40. The molecule has 2 rings (SSSR count). The van der Waals surface area contributed by atoms with Crippen molar-refractivity contribution in [2.75, 3.05) is 5.73 Å². The zero-order chi connectivity index (χ0) is 14.9. The molecule has 2 nitrogen and oxygen atoms in total. The zero-order valence-corrected chi connectivity index (χ0v) is 9.80. The lowest BCUT2D eigenvalue weighted by Gasteiger charge is -2.03. The van der Waals surface area contributed by atoms with Crippen molar-refractivity contribution in [3.63, 3.8) is 0 Å². The number of anilines is 1. The number of rotatable bonds is 2. The van der Waals surface area contributed by atoms with Crippen LogP contribution in [0.15, 0.2) is 35.3 Å². The fraction of sp³-hybridized carbons (Fsp3) is 0. The normalized spacial score (nSPS) is 11.8. The average Bonchev–Trinajstić information content (AvgIpc) is 2.43. The van der Waals surface area contributed by atoms with Crippen molar-refractivity contribution in [2.45, 2.75) is 0 Å². The summed E-state index contributed by atoms with van der Waals surface area (Å²) in [5.41, 5.74) is 4.76. The van der Waals surface area contributed by atoms with Gasteiger partial charge >= 0.3 is 0 Å². The maximum absolute atomic E-state index is 13.7. The monoisotopic (exact) mass is 286 g/mol. The van der Waals surface area contributed by atoms with Crippen LogP contribution in [-0.4, -0.2) is 5.97 Å². The summed E-state index contributed by atoms with van der Waals surface area (Å²) < 4.78 is 65.7. The molecule has 2 N–H and O–H groups in total. The van der Waals surface area contributed by atoms with Gasteiger partial charge in [0, 0.05) is 5.69 Å². The van der Waals surface area contributed by atoms with Gasteiger partial charge in [-0.2, -0.15) is 4.39 Å². The van der Waals surface area contributed by atoms with Crippen molar-refractivity contribution >= 4 is 17.3 Å². The minimum atomic E-state index is -2.09. The summed E-state index contributed by atoms with van der Waals surface area (Å²) in [5, 5.41) is 0. The van der Waals surface area contributed by atoms with E-state index < -0.39 is 34.8 Å². The summed E-state index contributed by atoms with van der Waals surface area (Å²) in [6.45, 7) is 0. The molecule has 0 saturated heterocycles. The van der Waals surface area contributed by atoms with E-state index in [-0.39, 0.29) is 11.8 Å². The van der Waals surface area contributed by atoms with Gasteiger partial charge in [0.25, 0.3) is 0 Å². The molecule has 7 heteroatoms. The Balaban J connectivity index is 2.48. The van der Waals surface area contributed by atoms with Crippen LogP contribution in [-0.2, 0) is 0 Å². The van der Waals surface area contributed by atoms with Crippen molar-refractivity contribution in [1.29, 1.82) is 0 Å². The van der Waals surface area contributed by atoms with Crippen LogP contribution < -0.4 is 5.73 Å². The molecular formula is C13H7F5N2. The molecule has 20 heavy (non-hydrogen) atoms. The summed E-state index contributed by atoms with van der Waals surface area (Å²) in [6, 6.07) is 5.67. The van der Waals surface area contributed by atoms with Crippen LogP contribution in [0, 0.1) is 23.3 Å². The Kier molecular flexibility index (Phi) is 3.69. The third kappa shape index (κ3) is 2.61. The summed E-state index contributed by atoms with van der Waals surface area (Å²) >= 11 is 0.